The van der Waals surface area contributed by atoms with Gasteiger partial charge in [-0.1, -0.05) is 35.3 Å². The average molecular weight is 273 g/mol. The van der Waals surface area contributed by atoms with Crippen molar-refractivity contribution >= 4 is 29.0 Å². The molecule has 0 heterocycles. The Morgan fingerprint density at radius 1 is 1.31 bits per heavy atom. The number of alkyl halides is 5. The maximum Gasteiger partial charge on any atom is 0.573 e. The lowest BCUT2D eigenvalue weighted by molar-refractivity contribution is -0.274. The van der Waals surface area contributed by atoms with E-state index in [1.807, 2.05) is 0 Å². The number of ketones is 1. The molecule has 88 valence electrons. The van der Waals surface area contributed by atoms with Crippen LogP contribution in [0.5, 0.6) is 5.75 Å². The number of benzene rings is 1. The standard InChI is InChI=1S/C9H5Cl2F3O2/c10-8(11)7(15)5-2-1-3-6(4-5)16-9(12,13)14/h1-4,8H. The highest BCUT2D eigenvalue weighted by Crippen LogP contribution is 2.24. The van der Waals surface area contributed by atoms with Gasteiger partial charge in [0.2, 0.25) is 0 Å². The highest BCUT2D eigenvalue weighted by Gasteiger charge is 2.31. The molecule has 0 spiro atoms. The van der Waals surface area contributed by atoms with Crippen LogP contribution in [0.2, 0.25) is 0 Å². The largest absolute Gasteiger partial charge is 0.573 e. The number of hydrogen-bond acceptors (Lipinski definition) is 2. The summed E-state index contributed by atoms with van der Waals surface area (Å²) in [6, 6.07) is 4.53. The summed E-state index contributed by atoms with van der Waals surface area (Å²) in [7, 11) is 0. The van der Waals surface area contributed by atoms with E-state index < -0.39 is 22.7 Å². The number of halogens is 5. The van der Waals surface area contributed by atoms with E-state index in [2.05, 4.69) is 4.74 Å². The summed E-state index contributed by atoms with van der Waals surface area (Å²) in [5, 5.41) is 0. The number of ether oxygens (including phenoxy) is 1. The SMILES string of the molecule is O=C(c1cccc(OC(F)(F)F)c1)C(Cl)Cl. The molecule has 0 aromatic heterocycles. The zero-order valence-electron chi connectivity index (χ0n) is 7.59. The first kappa shape index (κ1) is 13.1. The summed E-state index contributed by atoms with van der Waals surface area (Å²) >= 11 is 10.6. The maximum absolute atomic E-state index is 11.9. The first-order chi connectivity index (χ1) is 7.29. The van der Waals surface area contributed by atoms with E-state index in [4.69, 9.17) is 23.2 Å². The van der Waals surface area contributed by atoms with Crippen molar-refractivity contribution in [2.75, 3.05) is 0 Å². The molecule has 7 heteroatoms. The third-order valence-corrected chi connectivity index (χ3v) is 1.95. The van der Waals surface area contributed by atoms with Gasteiger partial charge in [0, 0.05) is 5.56 Å². The fourth-order valence-electron chi connectivity index (χ4n) is 0.972. The predicted molar refractivity (Wildman–Crippen MR) is 52.9 cm³/mol. The van der Waals surface area contributed by atoms with E-state index in [0.717, 1.165) is 12.1 Å². The minimum Gasteiger partial charge on any atom is -0.406 e. The van der Waals surface area contributed by atoms with Crippen molar-refractivity contribution in [2.24, 2.45) is 0 Å². The van der Waals surface area contributed by atoms with Gasteiger partial charge >= 0.3 is 6.36 Å². The Balaban J connectivity index is 2.91. The second-order valence-electron chi connectivity index (χ2n) is 2.74. The highest BCUT2D eigenvalue weighted by atomic mass is 35.5. The lowest BCUT2D eigenvalue weighted by Crippen LogP contribution is -2.17. The molecule has 0 fully saturated rings. The molecule has 0 saturated carbocycles. The lowest BCUT2D eigenvalue weighted by atomic mass is 10.1. The molecule has 1 rings (SSSR count). The number of carbonyl (C=O) groups excluding carboxylic acids is 1. The zero-order chi connectivity index (χ0) is 12.3. The van der Waals surface area contributed by atoms with Crippen LogP contribution in [0, 0.1) is 0 Å². The first-order valence-electron chi connectivity index (χ1n) is 3.98. The summed E-state index contributed by atoms with van der Waals surface area (Å²) in [6.07, 6.45) is -4.80. The fraction of sp³-hybridized carbons (Fsp3) is 0.222. The molecule has 1 aromatic rings. The zero-order valence-corrected chi connectivity index (χ0v) is 9.10. The number of Topliss-reactive ketones (excluding diaryl/α,β-unsaturated/α-hetero) is 1. The van der Waals surface area contributed by atoms with Gasteiger partial charge in [-0.2, -0.15) is 0 Å². The Kier molecular flexibility index (Phi) is 4.04. The highest BCUT2D eigenvalue weighted by molar-refractivity contribution is 6.55. The van der Waals surface area contributed by atoms with E-state index in [9.17, 15) is 18.0 Å². The van der Waals surface area contributed by atoms with Crippen molar-refractivity contribution in [1.29, 1.82) is 0 Å². The van der Waals surface area contributed by atoms with Crippen LogP contribution in [-0.4, -0.2) is 17.0 Å². The molecule has 0 aliphatic rings. The van der Waals surface area contributed by atoms with E-state index in [-0.39, 0.29) is 5.56 Å². The van der Waals surface area contributed by atoms with Gasteiger partial charge in [0.15, 0.2) is 10.6 Å². The third-order valence-electron chi connectivity index (χ3n) is 1.55. The maximum atomic E-state index is 11.9. The van der Waals surface area contributed by atoms with Gasteiger partial charge in [-0.25, -0.2) is 0 Å². The van der Waals surface area contributed by atoms with Gasteiger partial charge in [-0.05, 0) is 12.1 Å². The third kappa shape index (κ3) is 3.90. The van der Waals surface area contributed by atoms with Crippen LogP contribution in [0.4, 0.5) is 13.2 Å². The van der Waals surface area contributed by atoms with Crippen molar-refractivity contribution in [3.05, 3.63) is 29.8 Å². The lowest BCUT2D eigenvalue weighted by Gasteiger charge is -2.09. The van der Waals surface area contributed by atoms with Crippen molar-refractivity contribution in [1.82, 2.24) is 0 Å². The smallest absolute Gasteiger partial charge is 0.406 e. The second kappa shape index (κ2) is 4.93. The fourth-order valence-corrected chi connectivity index (χ4v) is 1.22. The second-order valence-corrected chi connectivity index (χ2v) is 3.84. The summed E-state index contributed by atoms with van der Waals surface area (Å²) < 4.78 is 39.3. The summed E-state index contributed by atoms with van der Waals surface area (Å²) in [6.45, 7) is 0. The van der Waals surface area contributed by atoms with Gasteiger partial charge < -0.3 is 4.74 Å². The first-order valence-corrected chi connectivity index (χ1v) is 4.85. The summed E-state index contributed by atoms with van der Waals surface area (Å²) in [5.74, 6) is -1.18. The molecule has 0 aliphatic heterocycles. The predicted octanol–water partition coefficient (Wildman–Crippen LogP) is 3.57. The topological polar surface area (TPSA) is 26.3 Å². The average Bonchev–Trinajstić information content (AvgIpc) is 2.14. The van der Waals surface area contributed by atoms with Crippen LogP contribution in [0.15, 0.2) is 24.3 Å². The molecular weight excluding hydrogens is 268 g/mol. The van der Waals surface area contributed by atoms with Gasteiger partial charge in [0.25, 0.3) is 0 Å². The Morgan fingerprint density at radius 3 is 2.44 bits per heavy atom. The van der Waals surface area contributed by atoms with Crippen LogP contribution in [-0.2, 0) is 0 Å². The molecule has 16 heavy (non-hydrogen) atoms. The molecule has 0 saturated heterocycles. The van der Waals surface area contributed by atoms with Crippen LogP contribution in [0.25, 0.3) is 0 Å². The molecule has 0 amide bonds. The van der Waals surface area contributed by atoms with Crippen molar-refractivity contribution < 1.29 is 22.7 Å². The minimum atomic E-state index is -4.80. The summed E-state index contributed by atoms with van der Waals surface area (Å²) in [4.78, 5) is 9.94. The van der Waals surface area contributed by atoms with Gasteiger partial charge in [-0.3, -0.25) is 4.79 Å². The van der Waals surface area contributed by atoms with Gasteiger partial charge in [-0.15, -0.1) is 13.2 Å². The molecule has 0 unspecified atom stereocenters. The Labute approximate surface area is 98.9 Å². The molecule has 0 N–H and O–H groups in total. The van der Waals surface area contributed by atoms with Gasteiger partial charge in [0.1, 0.15) is 5.75 Å². The van der Waals surface area contributed by atoms with Crippen LogP contribution in [0.1, 0.15) is 10.4 Å². The minimum absolute atomic E-state index is 0.0447. The van der Waals surface area contributed by atoms with Crippen molar-refractivity contribution in [2.45, 2.75) is 11.2 Å². The molecule has 1 aromatic carbocycles. The van der Waals surface area contributed by atoms with E-state index in [1.165, 1.54) is 12.1 Å². The molecular formula is C9H5Cl2F3O2. The van der Waals surface area contributed by atoms with E-state index in [1.54, 1.807) is 0 Å². The monoisotopic (exact) mass is 272 g/mol. The Hall–Kier alpha value is -0.940. The Morgan fingerprint density at radius 2 is 1.94 bits per heavy atom. The van der Waals surface area contributed by atoms with E-state index in [0.29, 0.717) is 0 Å². The number of hydrogen-bond donors (Lipinski definition) is 0. The summed E-state index contributed by atoms with van der Waals surface area (Å²) in [5.41, 5.74) is -0.0447. The molecule has 2 nitrogen and oxygen atoms in total. The van der Waals surface area contributed by atoms with E-state index >= 15 is 0 Å². The van der Waals surface area contributed by atoms with Crippen molar-refractivity contribution in [3.63, 3.8) is 0 Å². The van der Waals surface area contributed by atoms with Crippen molar-refractivity contribution in [3.8, 4) is 5.75 Å². The van der Waals surface area contributed by atoms with Crippen LogP contribution >= 0.6 is 23.2 Å². The molecule has 0 aliphatic carbocycles. The normalized spacial score (nSPS) is 11.6. The quantitative estimate of drug-likeness (QED) is 0.621. The number of carbonyl (C=O) groups is 1. The number of rotatable bonds is 3. The molecule has 0 radical (unpaired) electrons. The Bertz CT molecular complexity index is 391. The van der Waals surface area contributed by atoms with Gasteiger partial charge in [0.05, 0.1) is 0 Å². The van der Waals surface area contributed by atoms with Crippen LogP contribution in [0.3, 0.4) is 0 Å². The molecule has 0 atom stereocenters. The van der Waals surface area contributed by atoms with Crippen LogP contribution < -0.4 is 4.74 Å². The molecule has 0 bridgehead atoms.